The molecule has 112 valence electrons. The lowest BCUT2D eigenvalue weighted by Crippen LogP contribution is -2.20. The molecule has 0 spiro atoms. The van der Waals surface area contributed by atoms with Crippen LogP contribution < -0.4 is 4.90 Å². The second-order valence-electron chi connectivity index (χ2n) is 5.08. The highest BCUT2D eigenvalue weighted by atomic mass is 79.9. The Morgan fingerprint density at radius 2 is 1.95 bits per heavy atom. The van der Waals surface area contributed by atoms with Gasteiger partial charge >= 0.3 is 0 Å². The fourth-order valence-electron chi connectivity index (χ4n) is 2.18. The minimum absolute atomic E-state index is 0.544. The summed E-state index contributed by atoms with van der Waals surface area (Å²) in [6.45, 7) is 4.84. The van der Waals surface area contributed by atoms with Crippen molar-refractivity contribution >= 4 is 33.3 Å². The van der Waals surface area contributed by atoms with Crippen molar-refractivity contribution < 1.29 is 0 Å². The van der Waals surface area contributed by atoms with Gasteiger partial charge in [-0.3, -0.25) is 0 Å². The molecule has 0 aliphatic rings. The van der Waals surface area contributed by atoms with E-state index in [2.05, 4.69) is 43.8 Å². The van der Waals surface area contributed by atoms with Gasteiger partial charge in [0.25, 0.3) is 0 Å². The number of rotatable bonds is 5. The van der Waals surface area contributed by atoms with Gasteiger partial charge in [0.1, 0.15) is 16.8 Å². The average Bonchev–Trinajstić information content (AvgIpc) is 2.45. The number of aryl methyl sites for hydroxylation is 1. The first-order valence-corrected chi connectivity index (χ1v) is 8.17. The Morgan fingerprint density at radius 1 is 1.24 bits per heavy atom. The lowest BCUT2D eigenvalue weighted by Gasteiger charge is -2.22. The molecule has 3 nitrogen and oxygen atoms in total. The molecule has 1 heterocycles. The van der Waals surface area contributed by atoms with Crippen LogP contribution in [0.5, 0.6) is 0 Å². The van der Waals surface area contributed by atoms with E-state index in [0.717, 1.165) is 41.1 Å². The number of benzene rings is 1. The molecule has 1 aromatic heterocycles. The summed E-state index contributed by atoms with van der Waals surface area (Å²) < 4.78 is 1.10. The maximum atomic E-state index is 6.25. The molecule has 0 unspecified atom stereocenters. The summed E-state index contributed by atoms with van der Waals surface area (Å²) in [5, 5.41) is 0.544. The number of hydrogen-bond acceptors (Lipinski definition) is 3. The van der Waals surface area contributed by atoms with E-state index in [1.165, 1.54) is 5.56 Å². The Bertz CT molecular complexity index is 631. The third-order valence-electron chi connectivity index (χ3n) is 3.31. The van der Waals surface area contributed by atoms with Crippen molar-refractivity contribution in [3.63, 3.8) is 0 Å². The van der Waals surface area contributed by atoms with E-state index < -0.39 is 0 Å². The third kappa shape index (κ3) is 3.95. The van der Waals surface area contributed by atoms with Crippen LogP contribution in [0, 0.1) is 6.92 Å². The van der Waals surface area contributed by atoms with Crippen LogP contribution in [0.2, 0.25) is 5.15 Å². The number of anilines is 1. The van der Waals surface area contributed by atoms with Gasteiger partial charge in [0.15, 0.2) is 0 Å². The van der Waals surface area contributed by atoms with Crippen molar-refractivity contribution in [2.24, 2.45) is 0 Å². The summed E-state index contributed by atoms with van der Waals surface area (Å²) >= 11 is 9.83. The minimum Gasteiger partial charge on any atom is -0.355 e. The Kier molecular flexibility index (Phi) is 5.59. The highest BCUT2D eigenvalue weighted by Crippen LogP contribution is 2.26. The van der Waals surface area contributed by atoms with Gasteiger partial charge in [0.2, 0.25) is 0 Å². The van der Waals surface area contributed by atoms with Crippen molar-refractivity contribution in [1.82, 2.24) is 9.97 Å². The topological polar surface area (TPSA) is 29.0 Å². The quantitative estimate of drug-likeness (QED) is 0.711. The molecule has 0 radical (unpaired) electrons. The zero-order valence-electron chi connectivity index (χ0n) is 12.5. The van der Waals surface area contributed by atoms with Crippen LogP contribution in [-0.4, -0.2) is 17.0 Å². The van der Waals surface area contributed by atoms with Gasteiger partial charge in [-0.1, -0.05) is 52.7 Å². The summed E-state index contributed by atoms with van der Waals surface area (Å²) in [7, 11) is 2.03. The van der Waals surface area contributed by atoms with Crippen LogP contribution in [0.25, 0.3) is 0 Å². The predicted octanol–water partition coefficient (Wildman–Crippen LogP) is 4.79. The standard InChI is InChI=1S/C16H19BrClN3/c1-4-7-14-19-15(18)11(2)16(20-14)21(3)10-12-8-5-6-9-13(12)17/h5-6,8-9H,4,7,10H2,1-3H3. The summed E-state index contributed by atoms with van der Waals surface area (Å²) in [6, 6.07) is 8.20. The fraction of sp³-hybridized carbons (Fsp3) is 0.375. The normalized spacial score (nSPS) is 10.7. The molecule has 2 aromatic rings. The first kappa shape index (κ1) is 16.2. The van der Waals surface area contributed by atoms with Crippen LogP contribution in [0.3, 0.4) is 0 Å². The molecule has 0 fully saturated rings. The summed E-state index contributed by atoms with van der Waals surface area (Å²) in [6.07, 6.45) is 1.85. The number of hydrogen-bond donors (Lipinski definition) is 0. The first-order chi connectivity index (χ1) is 10.0. The van der Waals surface area contributed by atoms with Crippen molar-refractivity contribution in [3.05, 3.63) is 50.8 Å². The van der Waals surface area contributed by atoms with Crippen LogP contribution >= 0.6 is 27.5 Å². The average molecular weight is 369 g/mol. The second-order valence-corrected chi connectivity index (χ2v) is 6.29. The monoisotopic (exact) mass is 367 g/mol. The maximum absolute atomic E-state index is 6.25. The molecule has 0 saturated carbocycles. The van der Waals surface area contributed by atoms with Crippen molar-refractivity contribution in [3.8, 4) is 0 Å². The molecule has 5 heteroatoms. The highest BCUT2D eigenvalue weighted by molar-refractivity contribution is 9.10. The van der Waals surface area contributed by atoms with Gasteiger partial charge < -0.3 is 4.90 Å². The van der Waals surface area contributed by atoms with Gasteiger partial charge in [-0.05, 0) is 25.0 Å². The van der Waals surface area contributed by atoms with Crippen LogP contribution in [-0.2, 0) is 13.0 Å². The largest absolute Gasteiger partial charge is 0.355 e. The zero-order chi connectivity index (χ0) is 15.4. The van der Waals surface area contributed by atoms with Crippen LogP contribution in [0.1, 0.15) is 30.3 Å². The lowest BCUT2D eigenvalue weighted by atomic mass is 10.2. The van der Waals surface area contributed by atoms with Crippen LogP contribution in [0.4, 0.5) is 5.82 Å². The highest BCUT2D eigenvalue weighted by Gasteiger charge is 2.14. The van der Waals surface area contributed by atoms with Gasteiger partial charge in [-0.25, -0.2) is 9.97 Å². The molecule has 1 aromatic carbocycles. The van der Waals surface area contributed by atoms with E-state index in [9.17, 15) is 0 Å². The van der Waals surface area contributed by atoms with E-state index in [4.69, 9.17) is 11.6 Å². The van der Waals surface area contributed by atoms with Crippen molar-refractivity contribution in [2.75, 3.05) is 11.9 Å². The lowest BCUT2D eigenvalue weighted by molar-refractivity contribution is 0.805. The Labute approximate surface area is 139 Å². The van der Waals surface area contributed by atoms with Crippen LogP contribution in [0.15, 0.2) is 28.7 Å². The molecule has 0 N–H and O–H groups in total. The Balaban J connectivity index is 2.30. The van der Waals surface area contributed by atoms with E-state index >= 15 is 0 Å². The van der Waals surface area contributed by atoms with Crippen molar-refractivity contribution in [1.29, 1.82) is 0 Å². The molecule has 21 heavy (non-hydrogen) atoms. The Morgan fingerprint density at radius 3 is 2.62 bits per heavy atom. The molecule has 0 aliphatic heterocycles. The third-order valence-corrected chi connectivity index (χ3v) is 4.45. The van der Waals surface area contributed by atoms with E-state index in [-0.39, 0.29) is 0 Å². The predicted molar refractivity (Wildman–Crippen MR) is 92.0 cm³/mol. The Hall–Kier alpha value is -1.13. The van der Waals surface area contributed by atoms with Gasteiger partial charge in [-0.15, -0.1) is 0 Å². The van der Waals surface area contributed by atoms with E-state index in [1.807, 2.05) is 32.2 Å². The SMILES string of the molecule is CCCc1nc(Cl)c(C)c(N(C)Cc2ccccc2Br)n1. The number of nitrogens with zero attached hydrogens (tertiary/aromatic N) is 3. The molecule has 0 bridgehead atoms. The molecule has 0 atom stereocenters. The molecule has 0 aliphatic carbocycles. The minimum atomic E-state index is 0.544. The van der Waals surface area contributed by atoms with Crippen molar-refractivity contribution in [2.45, 2.75) is 33.2 Å². The van der Waals surface area contributed by atoms with Gasteiger partial charge in [0, 0.05) is 30.0 Å². The van der Waals surface area contributed by atoms with E-state index in [0.29, 0.717) is 5.15 Å². The van der Waals surface area contributed by atoms with Gasteiger partial charge in [-0.2, -0.15) is 0 Å². The smallest absolute Gasteiger partial charge is 0.137 e. The number of aromatic nitrogens is 2. The zero-order valence-corrected chi connectivity index (χ0v) is 14.9. The molecular formula is C16H19BrClN3. The van der Waals surface area contributed by atoms with E-state index in [1.54, 1.807) is 0 Å². The summed E-state index contributed by atoms with van der Waals surface area (Å²) in [5.41, 5.74) is 2.14. The fourth-order valence-corrected chi connectivity index (χ4v) is 2.78. The first-order valence-electron chi connectivity index (χ1n) is 7.00. The molecule has 0 amide bonds. The molecule has 0 saturated heterocycles. The molecule has 2 rings (SSSR count). The number of halogens is 2. The maximum Gasteiger partial charge on any atom is 0.137 e. The second kappa shape index (κ2) is 7.23. The molecular weight excluding hydrogens is 350 g/mol. The summed E-state index contributed by atoms with van der Waals surface area (Å²) in [4.78, 5) is 11.1. The van der Waals surface area contributed by atoms with Gasteiger partial charge in [0.05, 0.1) is 0 Å². The summed E-state index contributed by atoms with van der Waals surface area (Å²) in [5.74, 6) is 1.70.